The number of carboxylic acid groups (broad SMARTS) is 1. The van der Waals surface area contributed by atoms with Gasteiger partial charge in [0.2, 0.25) is 5.88 Å². The van der Waals surface area contributed by atoms with Gasteiger partial charge in [-0.1, -0.05) is 0 Å². The third-order valence-electron chi connectivity index (χ3n) is 6.66. The first-order valence-corrected chi connectivity index (χ1v) is 13.4. The zero-order valence-corrected chi connectivity index (χ0v) is 23.2. The molecule has 0 spiro atoms. The normalized spacial score (nSPS) is 14.8. The number of thiazole rings is 1. The van der Waals surface area contributed by atoms with Gasteiger partial charge in [-0.05, 0) is 55.3 Å². The number of ether oxygens (including phenoxy) is 3. The van der Waals surface area contributed by atoms with E-state index in [1.54, 1.807) is 12.3 Å². The van der Waals surface area contributed by atoms with Crippen molar-refractivity contribution in [3.05, 3.63) is 59.5 Å². The highest BCUT2D eigenvalue weighted by Gasteiger charge is 2.33. The standard InChI is InChI=1S/C28H22F3N5O5S/c1-13-6-17(23-18(7-13)34-21(39-3)10-33-23)26-35-22-14(2)8-19-24(25(22)42-26)40-12-16(41-19)11-36(27(37)38)15-4-5-20(32-9-15)28(29,30)31/h4-10,16H,11-12H2,1-3H3,(H,37,38). The van der Waals surface area contributed by atoms with E-state index >= 15 is 0 Å². The van der Waals surface area contributed by atoms with E-state index in [1.807, 2.05) is 26.0 Å². The molecule has 0 saturated carbocycles. The zero-order valence-electron chi connectivity index (χ0n) is 22.4. The number of amides is 1. The quantitative estimate of drug-likeness (QED) is 0.250. The van der Waals surface area contributed by atoms with E-state index in [0.29, 0.717) is 33.4 Å². The van der Waals surface area contributed by atoms with E-state index in [1.165, 1.54) is 18.4 Å². The van der Waals surface area contributed by atoms with Gasteiger partial charge >= 0.3 is 12.3 Å². The molecule has 3 aromatic heterocycles. The van der Waals surface area contributed by atoms with E-state index in [4.69, 9.17) is 19.2 Å². The van der Waals surface area contributed by atoms with Gasteiger partial charge in [0.1, 0.15) is 22.0 Å². The van der Waals surface area contributed by atoms with Crippen LogP contribution in [0.15, 0.2) is 42.7 Å². The van der Waals surface area contributed by atoms with Crippen LogP contribution >= 0.6 is 11.3 Å². The molecule has 1 atom stereocenters. The minimum atomic E-state index is -4.64. The van der Waals surface area contributed by atoms with Crippen LogP contribution in [-0.2, 0) is 6.18 Å². The summed E-state index contributed by atoms with van der Waals surface area (Å²) < 4.78 is 56.9. The van der Waals surface area contributed by atoms with Crippen LogP contribution in [0.1, 0.15) is 16.8 Å². The van der Waals surface area contributed by atoms with E-state index in [-0.39, 0.29) is 18.8 Å². The predicted octanol–water partition coefficient (Wildman–Crippen LogP) is 6.27. The monoisotopic (exact) mass is 597 g/mol. The Morgan fingerprint density at radius 1 is 1.14 bits per heavy atom. The average Bonchev–Trinajstić information content (AvgIpc) is 3.41. The van der Waals surface area contributed by atoms with Crippen molar-refractivity contribution in [2.75, 3.05) is 25.2 Å². The summed E-state index contributed by atoms with van der Waals surface area (Å²) in [6.45, 7) is 3.66. The minimum absolute atomic E-state index is 0.00881. The number of halogens is 3. The zero-order chi connectivity index (χ0) is 29.8. The summed E-state index contributed by atoms with van der Waals surface area (Å²) in [5, 5.41) is 10.5. The van der Waals surface area contributed by atoms with Crippen molar-refractivity contribution in [3.8, 4) is 28.0 Å². The Morgan fingerprint density at radius 2 is 1.95 bits per heavy atom. The third-order valence-corrected chi connectivity index (χ3v) is 7.75. The fraction of sp³-hybridized carbons (Fsp3) is 0.250. The number of methoxy groups -OCH3 is 1. The first kappa shape index (κ1) is 27.4. The summed E-state index contributed by atoms with van der Waals surface area (Å²) in [7, 11) is 1.53. The lowest BCUT2D eigenvalue weighted by Crippen LogP contribution is -2.43. The fourth-order valence-corrected chi connectivity index (χ4v) is 5.87. The minimum Gasteiger partial charge on any atom is -0.484 e. The van der Waals surface area contributed by atoms with Crippen LogP contribution in [0.5, 0.6) is 17.4 Å². The Labute approximate surface area is 240 Å². The van der Waals surface area contributed by atoms with Gasteiger partial charge in [0.15, 0.2) is 17.6 Å². The molecule has 1 N–H and O–H groups in total. The summed E-state index contributed by atoms with van der Waals surface area (Å²) in [6, 6.07) is 7.49. The van der Waals surface area contributed by atoms with Crippen LogP contribution < -0.4 is 19.1 Å². The number of aryl methyl sites for hydroxylation is 2. The van der Waals surface area contributed by atoms with Gasteiger partial charge in [0.25, 0.3) is 0 Å². The number of aromatic nitrogens is 4. The smallest absolute Gasteiger partial charge is 0.433 e. The number of pyridine rings is 1. The number of fused-ring (bicyclic) bond motifs is 4. The van der Waals surface area contributed by atoms with Crippen LogP contribution in [0.3, 0.4) is 0 Å². The number of hydrogen-bond donors (Lipinski definition) is 1. The number of benzene rings is 2. The molecule has 2 aromatic carbocycles. The van der Waals surface area contributed by atoms with Crippen LogP contribution in [0.25, 0.3) is 31.8 Å². The lowest BCUT2D eigenvalue weighted by molar-refractivity contribution is -0.141. The Morgan fingerprint density at radius 3 is 2.64 bits per heavy atom. The molecule has 5 aromatic rings. The Bertz CT molecular complexity index is 1840. The van der Waals surface area contributed by atoms with Gasteiger partial charge in [-0.2, -0.15) is 13.2 Å². The van der Waals surface area contributed by atoms with Crippen molar-refractivity contribution < 1.29 is 37.3 Å². The second kappa shape index (κ2) is 10.3. The molecular weight excluding hydrogens is 575 g/mol. The maximum absolute atomic E-state index is 12.9. The van der Waals surface area contributed by atoms with Crippen LogP contribution in [-0.4, -0.2) is 57.5 Å². The highest BCUT2D eigenvalue weighted by molar-refractivity contribution is 7.22. The molecule has 10 nitrogen and oxygen atoms in total. The van der Waals surface area contributed by atoms with Crippen LogP contribution in [0.2, 0.25) is 0 Å². The van der Waals surface area contributed by atoms with E-state index < -0.39 is 24.1 Å². The largest absolute Gasteiger partial charge is 0.484 e. The topological polar surface area (TPSA) is 120 Å². The summed E-state index contributed by atoms with van der Waals surface area (Å²) in [5.74, 6) is 1.31. The molecule has 216 valence electrons. The highest BCUT2D eigenvalue weighted by Crippen LogP contribution is 2.46. The third kappa shape index (κ3) is 4.98. The Balaban J connectivity index is 1.31. The van der Waals surface area contributed by atoms with E-state index in [2.05, 4.69) is 15.0 Å². The molecule has 0 bridgehead atoms. The molecule has 0 saturated heterocycles. The molecule has 1 aliphatic heterocycles. The van der Waals surface area contributed by atoms with Crippen LogP contribution in [0, 0.1) is 13.8 Å². The highest BCUT2D eigenvalue weighted by atomic mass is 32.1. The number of hydrogen-bond acceptors (Lipinski definition) is 9. The number of alkyl halides is 3. The van der Waals surface area contributed by atoms with Gasteiger partial charge in [-0.25, -0.2) is 24.7 Å². The van der Waals surface area contributed by atoms with Crippen molar-refractivity contribution >= 4 is 44.4 Å². The number of carbonyl (C=O) groups is 1. The lowest BCUT2D eigenvalue weighted by atomic mass is 10.1. The maximum Gasteiger partial charge on any atom is 0.433 e. The molecule has 1 amide bonds. The fourth-order valence-electron chi connectivity index (χ4n) is 4.72. The van der Waals surface area contributed by atoms with E-state index in [9.17, 15) is 23.1 Å². The second-order valence-corrected chi connectivity index (χ2v) is 10.7. The molecule has 6 rings (SSSR count). The average molecular weight is 598 g/mol. The van der Waals surface area contributed by atoms with Gasteiger partial charge < -0.3 is 19.3 Å². The molecule has 1 unspecified atom stereocenters. The summed E-state index contributed by atoms with van der Waals surface area (Å²) >= 11 is 1.41. The molecular formula is C28H22F3N5O5S. The van der Waals surface area contributed by atoms with Gasteiger partial charge in [-0.15, -0.1) is 11.3 Å². The van der Waals surface area contributed by atoms with Crippen LogP contribution in [0.4, 0.5) is 23.7 Å². The lowest BCUT2D eigenvalue weighted by Gasteiger charge is -2.30. The first-order valence-electron chi connectivity index (χ1n) is 12.6. The molecule has 0 fully saturated rings. The van der Waals surface area contributed by atoms with Gasteiger partial charge in [-0.3, -0.25) is 4.90 Å². The summed E-state index contributed by atoms with van der Waals surface area (Å²) in [5.41, 5.74) is 3.56. The second-order valence-electron chi connectivity index (χ2n) is 9.65. The molecule has 4 heterocycles. The summed E-state index contributed by atoms with van der Waals surface area (Å²) in [4.78, 5) is 30.2. The van der Waals surface area contributed by atoms with Crippen molar-refractivity contribution in [1.29, 1.82) is 0 Å². The molecule has 42 heavy (non-hydrogen) atoms. The van der Waals surface area contributed by atoms with Crippen molar-refractivity contribution in [2.45, 2.75) is 26.1 Å². The van der Waals surface area contributed by atoms with Crippen molar-refractivity contribution in [3.63, 3.8) is 0 Å². The van der Waals surface area contributed by atoms with Crippen molar-refractivity contribution in [2.24, 2.45) is 0 Å². The first-order chi connectivity index (χ1) is 20.0. The summed E-state index contributed by atoms with van der Waals surface area (Å²) in [6.07, 6.45) is -4.30. The Hall–Kier alpha value is -4.72. The molecule has 14 heteroatoms. The van der Waals surface area contributed by atoms with Gasteiger partial charge in [0.05, 0.1) is 48.3 Å². The molecule has 1 aliphatic rings. The molecule has 0 radical (unpaired) electrons. The van der Waals surface area contributed by atoms with Gasteiger partial charge in [0, 0.05) is 5.56 Å². The number of rotatable bonds is 5. The van der Waals surface area contributed by atoms with Crippen molar-refractivity contribution in [1.82, 2.24) is 19.9 Å². The van der Waals surface area contributed by atoms with E-state index in [0.717, 1.165) is 50.1 Å². The molecule has 0 aliphatic carbocycles. The number of nitrogens with zero attached hydrogens (tertiary/aromatic N) is 5. The SMILES string of the molecule is COc1cnc2c(-c3nc4c(C)cc5c(c4s3)OCC(CN(C(=O)O)c3ccc(C(F)(F)F)nc3)O5)cc(C)cc2n1. The maximum atomic E-state index is 12.9. The Kier molecular flexibility index (Phi) is 6.72. The predicted molar refractivity (Wildman–Crippen MR) is 149 cm³/mol. The number of anilines is 1.